The third kappa shape index (κ3) is 5.97. The van der Waals surface area contributed by atoms with Crippen LogP contribution in [0.1, 0.15) is 73.5 Å². The lowest BCUT2D eigenvalue weighted by Crippen LogP contribution is -2.32. The molecule has 1 heterocycles. The average Bonchev–Trinajstić information content (AvgIpc) is 3.71. The third-order valence-corrected chi connectivity index (χ3v) is 9.50. The van der Waals surface area contributed by atoms with Crippen molar-refractivity contribution < 1.29 is 36.2 Å². The first-order valence-corrected chi connectivity index (χ1v) is 15.1. The minimum Gasteiger partial charge on any atom is -0.461 e. The van der Waals surface area contributed by atoms with Crippen LogP contribution in [0.15, 0.2) is 47.4 Å². The van der Waals surface area contributed by atoms with Crippen molar-refractivity contribution in [1.29, 1.82) is 0 Å². The molecular formula is C28H32F3N3O5S. The summed E-state index contributed by atoms with van der Waals surface area (Å²) in [6.07, 6.45) is -1.96. The summed E-state index contributed by atoms with van der Waals surface area (Å²) >= 11 is 0. The fourth-order valence-corrected chi connectivity index (χ4v) is 6.08. The lowest BCUT2D eigenvalue weighted by atomic mass is 9.87. The summed E-state index contributed by atoms with van der Waals surface area (Å²) in [6.45, 7) is 1.17. The van der Waals surface area contributed by atoms with Crippen molar-refractivity contribution in [2.75, 3.05) is 12.4 Å². The Morgan fingerprint density at radius 1 is 1.10 bits per heavy atom. The molecule has 0 bridgehead atoms. The first-order chi connectivity index (χ1) is 19.0. The number of aromatic nitrogens is 2. The minimum atomic E-state index is -4.18. The van der Waals surface area contributed by atoms with Gasteiger partial charge in [-0.2, -0.15) is 18.2 Å². The van der Waals surface area contributed by atoms with E-state index in [2.05, 4.69) is 10.3 Å². The normalized spacial score (nSPS) is 20.8. The average molecular weight is 580 g/mol. The molecule has 1 aromatic heterocycles. The van der Waals surface area contributed by atoms with E-state index in [4.69, 9.17) is 4.74 Å². The van der Waals surface area contributed by atoms with Crippen LogP contribution in [-0.2, 0) is 9.84 Å². The van der Waals surface area contributed by atoms with Crippen LogP contribution in [0.3, 0.4) is 0 Å². The van der Waals surface area contributed by atoms with Crippen LogP contribution in [0.4, 0.5) is 13.2 Å². The summed E-state index contributed by atoms with van der Waals surface area (Å²) in [5.41, 5.74) is 2.19. The number of imidazole rings is 1. The van der Waals surface area contributed by atoms with Gasteiger partial charge in [-0.15, -0.1) is 0 Å². The minimum absolute atomic E-state index is 0.0303. The Labute approximate surface area is 230 Å². The molecule has 40 heavy (non-hydrogen) atoms. The fraction of sp³-hybridized carbons (Fsp3) is 0.500. The van der Waals surface area contributed by atoms with Gasteiger partial charge >= 0.3 is 6.18 Å². The van der Waals surface area contributed by atoms with Gasteiger partial charge in [-0.05, 0) is 74.4 Å². The van der Waals surface area contributed by atoms with Crippen LogP contribution >= 0.6 is 0 Å². The predicted octanol–water partition coefficient (Wildman–Crippen LogP) is 5.13. The topological polar surface area (TPSA) is 111 Å². The van der Waals surface area contributed by atoms with Crippen molar-refractivity contribution in [3.8, 4) is 6.01 Å². The van der Waals surface area contributed by atoms with Gasteiger partial charge in [0.05, 0.1) is 40.2 Å². The molecule has 0 radical (unpaired) electrons. The third-order valence-electron chi connectivity index (χ3n) is 7.75. The number of nitrogens with one attached hydrogen (secondary N) is 1. The van der Waals surface area contributed by atoms with E-state index in [9.17, 15) is 31.5 Å². The molecule has 0 spiro atoms. The van der Waals surface area contributed by atoms with Crippen molar-refractivity contribution in [2.24, 2.45) is 5.92 Å². The van der Waals surface area contributed by atoms with Crippen molar-refractivity contribution in [3.63, 3.8) is 0 Å². The molecule has 2 saturated carbocycles. The molecule has 0 aliphatic heterocycles. The molecule has 2 aliphatic carbocycles. The van der Waals surface area contributed by atoms with Crippen LogP contribution in [0.25, 0.3) is 11.0 Å². The number of fused-ring (bicyclic) bond motifs is 1. The van der Waals surface area contributed by atoms with E-state index < -0.39 is 40.5 Å². The zero-order valence-corrected chi connectivity index (χ0v) is 22.8. The Bertz CT molecular complexity index is 1480. The highest BCUT2D eigenvalue weighted by Crippen LogP contribution is 2.43. The molecule has 8 nitrogen and oxygen atoms in total. The number of benzene rings is 2. The van der Waals surface area contributed by atoms with Crippen molar-refractivity contribution >= 4 is 26.8 Å². The van der Waals surface area contributed by atoms with Gasteiger partial charge in [0.2, 0.25) is 0 Å². The number of ether oxygens (including phenoxy) is 1. The van der Waals surface area contributed by atoms with Crippen LogP contribution in [-0.4, -0.2) is 53.6 Å². The molecule has 2 N–H and O–H groups in total. The largest absolute Gasteiger partial charge is 0.461 e. The standard InChI is InChI=1S/C28H32F3N3O5S/c1-2-40(37,38)22-12-3-17(4-13-22)24(16-35)32-26(36)18-5-14-25-23(15-18)33-27(34(25)20-8-9-20)39-21-10-6-19(7-11-21)28(29,30)31/h3-5,12-15,19-21,24,35H,2,6-11,16H2,1H3,(H,32,36)/t19?,21?,24-/m0/s1. The number of sulfone groups is 1. The Hall–Kier alpha value is -3.12. The maximum absolute atomic E-state index is 13.1. The predicted molar refractivity (Wildman–Crippen MR) is 142 cm³/mol. The lowest BCUT2D eigenvalue weighted by Gasteiger charge is -2.29. The molecule has 1 atom stereocenters. The number of hydrogen-bond acceptors (Lipinski definition) is 6. The van der Waals surface area contributed by atoms with E-state index in [0.717, 1.165) is 18.4 Å². The van der Waals surface area contributed by atoms with E-state index in [1.54, 1.807) is 37.3 Å². The Morgan fingerprint density at radius 2 is 1.77 bits per heavy atom. The van der Waals surface area contributed by atoms with Gasteiger partial charge in [-0.1, -0.05) is 19.1 Å². The van der Waals surface area contributed by atoms with Crippen LogP contribution in [0.2, 0.25) is 0 Å². The van der Waals surface area contributed by atoms with Crippen LogP contribution in [0.5, 0.6) is 6.01 Å². The number of hydrogen-bond donors (Lipinski definition) is 2. The molecule has 2 fully saturated rings. The van der Waals surface area contributed by atoms with E-state index in [0.29, 0.717) is 35.5 Å². The van der Waals surface area contributed by atoms with Gasteiger partial charge in [-0.25, -0.2) is 8.42 Å². The van der Waals surface area contributed by atoms with Gasteiger partial charge in [0, 0.05) is 11.6 Å². The van der Waals surface area contributed by atoms with E-state index in [1.165, 1.54) is 12.1 Å². The first kappa shape index (κ1) is 28.4. The second kappa shape index (κ2) is 11.0. The van der Waals surface area contributed by atoms with Gasteiger partial charge < -0.3 is 15.2 Å². The number of nitrogens with zero attached hydrogens (tertiary/aromatic N) is 2. The Balaban J connectivity index is 1.32. The second-order valence-corrected chi connectivity index (χ2v) is 12.8. The number of amides is 1. The number of carbonyl (C=O) groups is 1. The molecule has 2 aromatic carbocycles. The quantitative estimate of drug-likeness (QED) is 0.364. The van der Waals surface area contributed by atoms with Crippen LogP contribution in [0, 0.1) is 5.92 Å². The second-order valence-electron chi connectivity index (χ2n) is 10.5. The number of halogens is 3. The van der Waals surface area contributed by atoms with E-state index in [1.807, 2.05) is 4.57 Å². The monoisotopic (exact) mass is 579 g/mol. The molecular weight excluding hydrogens is 547 g/mol. The number of carbonyl (C=O) groups excluding carboxylic acids is 1. The highest BCUT2D eigenvalue weighted by atomic mass is 32.2. The van der Waals surface area contributed by atoms with E-state index in [-0.39, 0.29) is 35.6 Å². The number of alkyl halides is 3. The Kier molecular flexibility index (Phi) is 7.84. The first-order valence-electron chi connectivity index (χ1n) is 13.5. The van der Waals surface area contributed by atoms with Gasteiger partial charge in [0.1, 0.15) is 6.10 Å². The summed E-state index contributed by atoms with van der Waals surface area (Å²) in [5, 5.41) is 12.7. The zero-order chi connectivity index (χ0) is 28.7. The lowest BCUT2D eigenvalue weighted by molar-refractivity contribution is -0.185. The molecule has 0 unspecified atom stereocenters. The van der Waals surface area contributed by atoms with Crippen LogP contribution < -0.4 is 10.1 Å². The molecule has 5 rings (SSSR count). The summed E-state index contributed by atoms with van der Waals surface area (Å²) in [7, 11) is -3.37. The molecule has 2 aliphatic rings. The molecule has 12 heteroatoms. The maximum Gasteiger partial charge on any atom is 0.391 e. The number of rotatable bonds is 9. The zero-order valence-electron chi connectivity index (χ0n) is 22.0. The van der Waals surface area contributed by atoms with Crippen molar-refractivity contribution in [2.45, 2.75) is 74.7 Å². The highest BCUT2D eigenvalue weighted by Gasteiger charge is 2.42. The van der Waals surface area contributed by atoms with E-state index >= 15 is 0 Å². The fourth-order valence-electron chi connectivity index (χ4n) is 5.19. The maximum atomic E-state index is 13.1. The van der Waals surface area contributed by atoms with Crippen molar-refractivity contribution in [1.82, 2.24) is 14.9 Å². The SMILES string of the molecule is CCS(=O)(=O)c1ccc([C@H](CO)NC(=O)c2ccc3c(c2)nc(OC2CCC(C(F)(F)F)CC2)n3C2CC2)cc1. The molecule has 216 valence electrons. The molecule has 1 amide bonds. The summed E-state index contributed by atoms with van der Waals surface area (Å²) in [6, 6.07) is 10.9. The summed E-state index contributed by atoms with van der Waals surface area (Å²) in [5.74, 6) is -1.77. The number of aliphatic hydroxyl groups is 1. The highest BCUT2D eigenvalue weighted by molar-refractivity contribution is 7.91. The summed E-state index contributed by atoms with van der Waals surface area (Å²) in [4.78, 5) is 17.9. The smallest absolute Gasteiger partial charge is 0.391 e. The summed E-state index contributed by atoms with van der Waals surface area (Å²) < 4.78 is 71.4. The van der Waals surface area contributed by atoms with Gasteiger partial charge in [-0.3, -0.25) is 9.36 Å². The van der Waals surface area contributed by atoms with Crippen molar-refractivity contribution in [3.05, 3.63) is 53.6 Å². The number of aliphatic hydroxyl groups excluding tert-OH is 1. The van der Waals surface area contributed by atoms with Gasteiger partial charge in [0.15, 0.2) is 9.84 Å². The Morgan fingerprint density at radius 3 is 2.35 bits per heavy atom. The molecule has 3 aromatic rings. The van der Waals surface area contributed by atoms with Gasteiger partial charge in [0.25, 0.3) is 11.9 Å². The molecule has 0 saturated heterocycles.